The van der Waals surface area contributed by atoms with E-state index in [0.29, 0.717) is 13.1 Å². The Kier molecular flexibility index (Phi) is 8.33. The molecule has 1 N–H and O–H groups in total. The van der Waals surface area contributed by atoms with E-state index in [4.69, 9.17) is 5.11 Å². The molecule has 35 heavy (non-hydrogen) atoms. The maximum absolute atomic E-state index is 10.9. The van der Waals surface area contributed by atoms with Crippen molar-refractivity contribution in [2.75, 3.05) is 0 Å². The lowest BCUT2D eigenvalue weighted by Gasteiger charge is -2.04. The lowest BCUT2D eigenvalue weighted by atomic mass is 10.1. The van der Waals surface area contributed by atoms with Gasteiger partial charge >= 0.3 is 5.97 Å². The molecule has 0 unspecified atom stereocenters. The van der Waals surface area contributed by atoms with Gasteiger partial charge in [0.2, 0.25) is 0 Å². The fourth-order valence-electron chi connectivity index (χ4n) is 3.14. The van der Waals surface area contributed by atoms with Gasteiger partial charge in [-0.2, -0.15) is 0 Å². The molecule has 0 atom stereocenters. The van der Waals surface area contributed by atoms with E-state index >= 15 is 0 Å². The summed E-state index contributed by atoms with van der Waals surface area (Å²) in [6, 6.07) is 17.2. The Morgan fingerprint density at radius 2 is 1.17 bits per heavy atom. The molecule has 4 rings (SSSR count). The highest BCUT2D eigenvalue weighted by molar-refractivity contribution is 5.87. The van der Waals surface area contributed by atoms with Gasteiger partial charge in [-0.3, -0.25) is 4.98 Å². The van der Waals surface area contributed by atoms with Crippen LogP contribution in [0.2, 0.25) is 0 Å². The highest BCUT2D eigenvalue weighted by Crippen LogP contribution is 2.05. The number of pyridine rings is 3. The molecule has 9 heteroatoms. The fraction of sp³-hybridized carbons (Fsp3) is 0.0769. The van der Waals surface area contributed by atoms with Crippen LogP contribution in [0.1, 0.15) is 42.2 Å². The number of nitrogens with zero attached hydrogens (tertiary/aromatic N) is 3. The molecular weight excluding hydrogens is 450 g/mol. The van der Waals surface area contributed by atoms with Gasteiger partial charge in [-0.05, 0) is 24.3 Å². The van der Waals surface area contributed by atoms with Crippen LogP contribution in [-0.2, 0) is 13.1 Å². The summed E-state index contributed by atoms with van der Waals surface area (Å²) in [5, 5.41) is 30.2. The molecule has 0 bridgehead atoms. The van der Waals surface area contributed by atoms with Crippen LogP contribution < -0.4 is 19.3 Å². The number of hydrogen-bond acceptors (Lipinski definition) is 6. The molecule has 4 aromatic rings. The predicted octanol–water partition coefficient (Wildman–Crippen LogP) is -0.135. The first kappa shape index (κ1) is 24.7. The minimum Gasteiger partial charge on any atom is -0.545 e. The molecule has 1 aromatic carbocycles. The Labute approximate surface area is 200 Å². The number of carbonyl (C=O) groups is 3. The van der Waals surface area contributed by atoms with Crippen molar-refractivity contribution in [3.63, 3.8) is 0 Å². The van der Waals surface area contributed by atoms with Crippen LogP contribution in [0.25, 0.3) is 0 Å². The summed E-state index contributed by atoms with van der Waals surface area (Å²) < 4.78 is 3.55. The second-order valence-corrected chi connectivity index (χ2v) is 7.47. The number of aromatic nitrogens is 3. The molecule has 0 saturated heterocycles. The van der Waals surface area contributed by atoms with E-state index in [1.807, 2.05) is 24.3 Å². The number of carboxylic acid groups (broad SMARTS) is 3. The molecule has 0 aliphatic carbocycles. The van der Waals surface area contributed by atoms with Gasteiger partial charge in [-0.1, -0.05) is 24.3 Å². The number of carboxylic acids is 3. The second-order valence-electron chi connectivity index (χ2n) is 7.47. The average molecular weight is 471 g/mol. The quantitative estimate of drug-likeness (QED) is 0.370. The number of aromatic carboxylic acids is 3. The smallest absolute Gasteiger partial charge is 0.337 e. The number of hydrogen-bond donors (Lipinski definition) is 1. The predicted molar refractivity (Wildman–Crippen MR) is 118 cm³/mol. The lowest BCUT2D eigenvalue weighted by Crippen LogP contribution is -2.36. The molecule has 0 aliphatic rings. The molecular formula is C26H21N3O6. The second kappa shape index (κ2) is 11.8. The summed E-state index contributed by atoms with van der Waals surface area (Å²) in [4.78, 5) is 35.6. The van der Waals surface area contributed by atoms with Gasteiger partial charge in [0.1, 0.15) is 0 Å². The summed E-state index contributed by atoms with van der Waals surface area (Å²) in [5.74, 6) is -3.35. The molecule has 0 spiro atoms. The lowest BCUT2D eigenvalue weighted by molar-refractivity contribution is -0.689. The van der Waals surface area contributed by atoms with Gasteiger partial charge in [0.25, 0.3) is 0 Å². The van der Waals surface area contributed by atoms with Crippen LogP contribution in [-0.4, -0.2) is 28.0 Å². The first-order chi connectivity index (χ1) is 16.8. The van der Waals surface area contributed by atoms with Crippen LogP contribution in [0.5, 0.6) is 0 Å². The molecule has 0 aliphatic heterocycles. The van der Waals surface area contributed by atoms with E-state index in [1.165, 1.54) is 43.0 Å². The zero-order valence-electron chi connectivity index (χ0n) is 18.5. The van der Waals surface area contributed by atoms with Crippen molar-refractivity contribution in [1.29, 1.82) is 0 Å². The summed E-state index contributed by atoms with van der Waals surface area (Å²) in [6.07, 6.45) is 9.49. The largest absolute Gasteiger partial charge is 0.545 e. The Morgan fingerprint density at radius 3 is 1.51 bits per heavy atom. The summed E-state index contributed by atoms with van der Waals surface area (Å²) >= 11 is 0. The van der Waals surface area contributed by atoms with Crippen molar-refractivity contribution < 1.29 is 38.8 Å². The van der Waals surface area contributed by atoms with Gasteiger partial charge < -0.3 is 24.9 Å². The molecule has 0 amide bonds. The van der Waals surface area contributed by atoms with Crippen LogP contribution in [0.3, 0.4) is 0 Å². The Morgan fingerprint density at radius 1 is 0.714 bits per heavy atom. The molecule has 176 valence electrons. The minimum absolute atomic E-state index is 0.133. The van der Waals surface area contributed by atoms with E-state index in [2.05, 4.69) is 4.98 Å². The van der Waals surface area contributed by atoms with E-state index < -0.39 is 17.9 Å². The topological polar surface area (TPSA) is 138 Å². The van der Waals surface area contributed by atoms with Crippen LogP contribution in [0, 0.1) is 0 Å². The van der Waals surface area contributed by atoms with Crippen molar-refractivity contribution in [2.45, 2.75) is 13.1 Å². The first-order valence-corrected chi connectivity index (χ1v) is 10.4. The van der Waals surface area contributed by atoms with Gasteiger partial charge in [0, 0.05) is 35.7 Å². The van der Waals surface area contributed by atoms with E-state index in [1.54, 1.807) is 39.7 Å². The van der Waals surface area contributed by atoms with Crippen molar-refractivity contribution >= 4 is 17.9 Å². The van der Waals surface area contributed by atoms with E-state index in [-0.39, 0.29) is 16.7 Å². The van der Waals surface area contributed by atoms with Crippen molar-refractivity contribution in [2.24, 2.45) is 0 Å². The van der Waals surface area contributed by atoms with Crippen LogP contribution in [0.15, 0.2) is 97.8 Å². The van der Waals surface area contributed by atoms with Crippen LogP contribution in [0.4, 0.5) is 0 Å². The normalized spacial score (nSPS) is 10.1. The number of benzene rings is 1. The molecule has 0 radical (unpaired) electrons. The highest BCUT2D eigenvalue weighted by atomic mass is 16.4. The molecule has 0 saturated carbocycles. The van der Waals surface area contributed by atoms with Crippen LogP contribution >= 0.6 is 0 Å². The third kappa shape index (κ3) is 7.57. The zero-order valence-corrected chi connectivity index (χ0v) is 18.5. The fourth-order valence-corrected chi connectivity index (χ4v) is 3.14. The van der Waals surface area contributed by atoms with Gasteiger partial charge in [-0.15, -0.1) is 0 Å². The molecule has 9 nitrogen and oxygen atoms in total. The molecule has 0 fully saturated rings. The Balaban J connectivity index is 0.000000320. The van der Waals surface area contributed by atoms with E-state index in [0.717, 1.165) is 11.1 Å². The number of rotatable bonds is 7. The zero-order chi connectivity index (χ0) is 25.2. The minimum atomic E-state index is -1.20. The van der Waals surface area contributed by atoms with Gasteiger partial charge in [0.15, 0.2) is 37.9 Å². The SMILES string of the molecule is O=C(O)c1cccnc1.O=C([O-])c1ccc[n+](Cc2ccc(C[n+]3cccc(C(=O)[O-])c3)cc2)c1. The van der Waals surface area contributed by atoms with Crippen molar-refractivity contribution in [3.8, 4) is 0 Å². The summed E-state index contributed by atoms with van der Waals surface area (Å²) in [6.45, 7) is 1.07. The maximum atomic E-state index is 10.9. The monoisotopic (exact) mass is 471 g/mol. The van der Waals surface area contributed by atoms with Crippen molar-refractivity contribution in [1.82, 2.24) is 4.98 Å². The first-order valence-electron chi connectivity index (χ1n) is 10.4. The Hall–Kier alpha value is -4.92. The summed E-state index contributed by atoms with van der Waals surface area (Å²) in [7, 11) is 0. The van der Waals surface area contributed by atoms with Crippen molar-refractivity contribution in [3.05, 3.63) is 126 Å². The maximum Gasteiger partial charge on any atom is 0.337 e. The molecule has 3 aromatic heterocycles. The summed E-state index contributed by atoms with van der Waals surface area (Å²) in [5.41, 5.74) is 2.52. The highest BCUT2D eigenvalue weighted by Gasteiger charge is 2.08. The average Bonchev–Trinajstić information content (AvgIpc) is 2.86. The third-order valence-electron chi connectivity index (χ3n) is 4.85. The van der Waals surface area contributed by atoms with E-state index in [9.17, 15) is 24.6 Å². The van der Waals surface area contributed by atoms with Gasteiger partial charge in [0.05, 0.1) is 28.6 Å². The molecule has 3 heterocycles. The standard InChI is InChI=1S/C20H16N2O4.C6H5NO2/c23-19(24)17-3-1-9-21(13-17)11-15-5-7-16(8-6-15)12-22-10-2-4-18(14-22)20(25)26;8-6(9)5-2-1-3-7-4-5/h1-10,13-14H,11-12H2;1-4H,(H,8,9). The number of carbonyl (C=O) groups excluding carboxylic acids is 2. The Bertz CT molecular complexity index is 1250. The van der Waals surface area contributed by atoms with Gasteiger partial charge in [-0.25, -0.2) is 13.9 Å². The third-order valence-corrected chi connectivity index (χ3v) is 4.85.